The maximum atomic E-state index is 9.57. The van der Waals surface area contributed by atoms with Crippen LogP contribution in [-0.4, -0.2) is 17.8 Å². The van der Waals surface area contributed by atoms with E-state index in [1.807, 2.05) is 27.7 Å². The van der Waals surface area contributed by atoms with Gasteiger partial charge in [-0.1, -0.05) is 27.7 Å². The van der Waals surface area contributed by atoms with Gasteiger partial charge in [-0.25, -0.2) is 0 Å². The number of hydrogen-bond donors (Lipinski definition) is 2. The van der Waals surface area contributed by atoms with Crippen molar-refractivity contribution >= 4 is 12.4 Å². The molecule has 0 aliphatic carbocycles. The fraction of sp³-hybridized carbons (Fsp3) is 1.00. The lowest BCUT2D eigenvalue weighted by molar-refractivity contribution is 0.0186. The van der Waals surface area contributed by atoms with Gasteiger partial charge in [0.1, 0.15) is 0 Å². The predicted molar refractivity (Wildman–Crippen MR) is 50.9 cm³/mol. The highest BCUT2D eigenvalue weighted by Crippen LogP contribution is 2.23. The Bertz CT molecular complexity index is 104. The van der Waals surface area contributed by atoms with Gasteiger partial charge in [0.2, 0.25) is 0 Å². The molecule has 0 aromatic carbocycles. The lowest BCUT2D eigenvalue weighted by atomic mass is 9.81. The molecule has 0 saturated carbocycles. The van der Waals surface area contributed by atoms with Crippen molar-refractivity contribution < 1.29 is 5.11 Å². The van der Waals surface area contributed by atoms with E-state index in [2.05, 4.69) is 0 Å². The maximum absolute atomic E-state index is 9.57. The lowest BCUT2D eigenvalue weighted by Crippen LogP contribution is -2.39. The third-order valence-corrected chi connectivity index (χ3v) is 1.96. The van der Waals surface area contributed by atoms with Crippen molar-refractivity contribution in [3.8, 4) is 0 Å². The molecule has 0 saturated heterocycles. The number of aliphatic hydroxyl groups excluding tert-OH is 1. The number of aliphatic hydroxyl groups is 1. The van der Waals surface area contributed by atoms with Crippen molar-refractivity contribution in [3.63, 3.8) is 0 Å². The minimum Gasteiger partial charge on any atom is -0.392 e. The Kier molecular flexibility index (Phi) is 6.22. The molecule has 0 amide bonds. The predicted octanol–water partition coefficient (Wildman–Crippen LogP) is 1.41. The molecule has 0 radical (unpaired) electrons. The lowest BCUT2D eigenvalue weighted by Gasteiger charge is -2.31. The SMILES string of the molecule is CC(C)C(O)C(C)(C)CN.Cl. The summed E-state index contributed by atoms with van der Waals surface area (Å²) in [7, 11) is 0. The molecule has 0 heterocycles. The molecule has 3 heteroatoms. The Morgan fingerprint density at radius 2 is 1.73 bits per heavy atom. The number of halogens is 1. The average molecular weight is 182 g/mol. The molecule has 0 aromatic heterocycles. The summed E-state index contributed by atoms with van der Waals surface area (Å²) in [6.07, 6.45) is -0.294. The van der Waals surface area contributed by atoms with Crippen LogP contribution in [0.25, 0.3) is 0 Å². The van der Waals surface area contributed by atoms with Crippen LogP contribution in [0.15, 0.2) is 0 Å². The highest BCUT2D eigenvalue weighted by Gasteiger charge is 2.28. The molecule has 0 aliphatic rings. The van der Waals surface area contributed by atoms with Gasteiger partial charge in [0.15, 0.2) is 0 Å². The smallest absolute Gasteiger partial charge is 0.0626 e. The average Bonchev–Trinajstić information content (AvgIpc) is 1.86. The summed E-state index contributed by atoms with van der Waals surface area (Å²) < 4.78 is 0. The molecule has 0 rings (SSSR count). The molecule has 0 fully saturated rings. The molecule has 70 valence electrons. The summed E-state index contributed by atoms with van der Waals surface area (Å²) in [5.41, 5.74) is 5.34. The van der Waals surface area contributed by atoms with Crippen molar-refractivity contribution in [2.24, 2.45) is 17.1 Å². The van der Waals surface area contributed by atoms with E-state index in [-0.39, 0.29) is 23.9 Å². The quantitative estimate of drug-likeness (QED) is 0.692. The van der Waals surface area contributed by atoms with Crippen LogP contribution in [-0.2, 0) is 0 Å². The van der Waals surface area contributed by atoms with Gasteiger partial charge in [-0.15, -0.1) is 12.4 Å². The van der Waals surface area contributed by atoms with E-state index in [9.17, 15) is 5.11 Å². The summed E-state index contributed by atoms with van der Waals surface area (Å²) in [6, 6.07) is 0. The standard InChI is InChI=1S/C8H19NO.ClH/c1-6(2)7(10)8(3,4)5-9;/h6-7,10H,5,9H2,1-4H3;1H. The van der Waals surface area contributed by atoms with Crippen molar-refractivity contribution in [1.82, 2.24) is 0 Å². The molecule has 0 aromatic rings. The molecule has 2 nitrogen and oxygen atoms in total. The van der Waals surface area contributed by atoms with Gasteiger partial charge in [0.25, 0.3) is 0 Å². The van der Waals surface area contributed by atoms with E-state index in [0.717, 1.165) is 0 Å². The highest BCUT2D eigenvalue weighted by atomic mass is 35.5. The van der Waals surface area contributed by atoms with Crippen LogP contribution in [0, 0.1) is 11.3 Å². The minimum atomic E-state index is -0.294. The van der Waals surface area contributed by atoms with Crippen molar-refractivity contribution in [3.05, 3.63) is 0 Å². The molecular formula is C8H20ClNO. The second kappa shape index (κ2) is 4.96. The van der Waals surface area contributed by atoms with Crippen LogP contribution in [0.3, 0.4) is 0 Å². The fourth-order valence-electron chi connectivity index (χ4n) is 1.02. The van der Waals surface area contributed by atoms with Gasteiger partial charge in [-0.05, 0) is 12.5 Å². The largest absolute Gasteiger partial charge is 0.392 e. The van der Waals surface area contributed by atoms with E-state index < -0.39 is 0 Å². The van der Waals surface area contributed by atoms with Crippen LogP contribution in [0.4, 0.5) is 0 Å². The zero-order valence-corrected chi connectivity index (χ0v) is 8.61. The molecule has 3 N–H and O–H groups in total. The highest BCUT2D eigenvalue weighted by molar-refractivity contribution is 5.85. The van der Waals surface area contributed by atoms with Gasteiger partial charge in [-0.3, -0.25) is 0 Å². The van der Waals surface area contributed by atoms with Crippen molar-refractivity contribution in [2.45, 2.75) is 33.8 Å². The Morgan fingerprint density at radius 3 is 1.82 bits per heavy atom. The van der Waals surface area contributed by atoms with Gasteiger partial charge in [-0.2, -0.15) is 0 Å². The first-order valence-corrected chi connectivity index (χ1v) is 3.80. The van der Waals surface area contributed by atoms with Gasteiger partial charge >= 0.3 is 0 Å². The summed E-state index contributed by atoms with van der Waals surface area (Å²) in [5.74, 6) is 0.290. The van der Waals surface area contributed by atoms with E-state index in [1.165, 1.54) is 0 Å². The molecule has 0 bridgehead atoms. The summed E-state index contributed by atoms with van der Waals surface area (Å²) in [4.78, 5) is 0. The van der Waals surface area contributed by atoms with E-state index in [0.29, 0.717) is 12.5 Å². The molecular weight excluding hydrogens is 162 g/mol. The normalized spacial score (nSPS) is 14.5. The number of rotatable bonds is 3. The van der Waals surface area contributed by atoms with Crippen molar-refractivity contribution in [1.29, 1.82) is 0 Å². The van der Waals surface area contributed by atoms with Gasteiger partial charge in [0, 0.05) is 5.41 Å². The van der Waals surface area contributed by atoms with Gasteiger partial charge in [0.05, 0.1) is 6.10 Å². The zero-order valence-electron chi connectivity index (χ0n) is 7.79. The Labute approximate surface area is 75.6 Å². The molecule has 0 spiro atoms. The van der Waals surface area contributed by atoms with Crippen LogP contribution in [0.2, 0.25) is 0 Å². The monoisotopic (exact) mass is 181 g/mol. The fourth-order valence-corrected chi connectivity index (χ4v) is 1.02. The third kappa shape index (κ3) is 3.94. The van der Waals surface area contributed by atoms with E-state index in [4.69, 9.17) is 5.73 Å². The number of hydrogen-bond acceptors (Lipinski definition) is 2. The van der Waals surface area contributed by atoms with Crippen LogP contribution in [0.1, 0.15) is 27.7 Å². The topological polar surface area (TPSA) is 46.2 Å². The molecule has 1 unspecified atom stereocenters. The Morgan fingerprint density at radius 1 is 1.36 bits per heavy atom. The van der Waals surface area contributed by atoms with Crippen LogP contribution >= 0.6 is 12.4 Å². The summed E-state index contributed by atoms with van der Waals surface area (Å²) >= 11 is 0. The first-order valence-electron chi connectivity index (χ1n) is 3.80. The first-order chi connectivity index (χ1) is 4.41. The second-order valence-corrected chi connectivity index (χ2v) is 3.88. The summed E-state index contributed by atoms with van der Waals surface area (Å²) in [6.45, 7) is 8.51. The van der Waals surface area contributed by atoms with Crippen LogP contribution < -0.4 is 5.73 Å². The third-order valence-electron chi connectivity index (χ3n) is 1.96. The zero-order chi connectivity index (χ0) is 8.36. The first kappa shape index (κ1) is 13.8. The maximum Gasteiger partial charge on any atom is 0.0626 e. The Hall–Kier alpha value is 0.210. The molecule has 1 atom stereocenters. The second-order valence-electron chi connectivity index (χ2n) is 3.88. The van der Waals surface area contributed by atoms with Crippen molar-refractivity contribution in [2.75, 3.05) is 6.54 Å². The minimum absolute atomic E-state index is 0. The van der Waals surface area contributed by atoms with Crippen LogP contribution in [0.5, 0.6) is 0 Å². The molecule has 0 aliphatic heterocycles. The van der Waals surface area contributed by atoms with E-state index >= 15 is 0 Å². The molecule has 11 heavy (non-hydrogen) atoms. The summed E-state index contributed by atoms with van der Waals surface area (Å²) in [5, 5.41) is 9.57. The Balaban J connectivity index is 0. The van der Waals surface area contributed by atoms with E-state index in [1.54, 1.807) is 0 Å². The number of nitrogens with two attached hydrogens (primary N) is 1. The van der Waals surface area contributed by atoms with Gasteiger partial charge < -0.3 is 10.8 Å².